The molecule has 0 unspecified atom stereocenters. The summed E-state index contributed by atoms with van der Waals surface area (Å²) in [6, 6.07) is 5.02. The number of aliphatic carboxylic acids is 1. The second-order valence-electron chi connectivity index (χ2n) is 6.06. The summed E-state index contributed by atoms with van der Waals surface area (Å²) in [6.07, 6.45) is 1.87. The van der Waals surface area contributed by atoms with Gasteiger partial charge in [-0.2, -0.15) is 0 Å². The zero-order valence-electron chi connectivity index (χ0n) is 14.0. The first-order chi connectivity index (χ1) is 11.6. The quantitative estimate of drug-likeness (QED) is 0.815. The molecule has 1 aromatic carbocycles. The van der Waals surface area contributed by atoms with E-state index in [-0.39, 0.29) is 18.7 Å². The Hall–Kier alpha value is -2.05. The second kappa shape index (κ2) is 7.45. The van der Waals surface area contributed by atoms with Crippen molar-refractivity contribution in [3.8, 4) is 11.3 Å². The van der Waals surface area contributed by atoms with Crippen LogP contribution in [0.4, 0.5) is 0 Å². The summed E-state index contributed by atoms with van der Waals surface area (Å²) < 4.78 is 5.63. The van der Waals surface area contributed by atoms with Crippen LogP contribution in [0.15, 0.2) is 28.8 Å². The number of carboxylic acids is 1. The minimum Gasteiger partial charge on any atom is -0.480 e. The third-order valence-electron chi connectivity index (χ3n) is 4.04. The number of hydrogen-bond donors (Lipinski definition) is 1. The Morgan fingerprint density at radius 3 is 2.60 bits per heavy atom. The molecule has 2 rings (SSSR count). The molecule has 0 aliphatic heterocycles. The number of hydrogen-bond acceptors (Lipinski definition) is 4. The molecule has 8 heteroatoms. The van der Waals surface area contributed by atoms with E-state index in [1.165, 1.54) is 32.0 Å². The third-order valence-corrected chi connectivity index (χ3v) is 4.59. The van der Waals surface area contributed by atoms with Crippen LogP contribution in [0, 0.1) is 0 Å². The number of aromatic nitrogens is 1. The molecular formula is C17H18Cl2N2O4. The van der Waals surface area contributed by atoms with E-state index < -0.39 is 11.5 Å². The van der Waals surface area contributed by atoms with Crippen LogP contribution in [0.3, 0.4) is 0 Å². The van der Waals surface area contributed by atoms with Gasteiger partial charge >= 0.3 is 5.97 Å². The van der Waals surface area contributed by atoms with Crippen molar-refractivity contribution in [1.82, 2.24) is 9.88 Å². The van der Waals surface area contributed by atoms with Crippen LogP contribution < -0.4 is 0 Å². The van der Waals surface area contributed by atoms with Crippen molar-refractivity contribution in [2.45, 2.75) is 32.2 Å². The lowest BCUT2D eigenvalue weighted by atomic mass is 10.0. The van der Waals surface area contributed by atoms with Gasteiger partial charge in [0, 0.05) is 30.5 Å². The molecule has 1 N–H and O–H groups in total. The van der Waals surface area contributed by atoms with E-state index in [0.29, 0.717) is 27.3 Å². The topological polar surface area (TPSA) is 83.6 Å². The van der Waals surface area contributed by atoms with Crippen LogP contribution in [0.5, 0.6) is 0 Å². The highest BCUT2D eigenvalue weighted by Gasteiger charge is 2.34. The zero-order valence-corrected chi connectivity index (χ0v) is 15.6. The minimum atomic E-state index is -1.28. The number of carbonyl (C=O) groups excluding carboxylic acids is 1. The SMILES string of the molecule is CN(C(=O)CCc1ncc(-c2ccc(Cl)cc2Cl)o1)C(C)(C)C(=O)O. The molecule has 25 heavy (non-hydrogen) atoms. The number of benzene rings is 1. The molecule has 6 nitrogen and oxygen atoms in total. The molecule has 0 saturated heterocycles. The van der Waals surface area contributed by atoms with Crippen LogP contribution in [-0.2, 0) is 16.0 Å². The highest BCUT2D eigenvalue weighted by molar-refractivity contribution is 6.36. The van der Waals surface area contributed by atoms with Crippen LogP contribution in [0.1, 0.15) is 26.2 Å². The molecule has 1 aromatic heterocycles. The van der Waals surface area contributed by atoms with E-state index in [9.17, 15) is 14.7 Å². The van der Waals surface area contributed by atoms with E-state index in [1.807, 2.05) is 0 Å². The molecule has 0 bridgehead atoms. The average Bonchev–Trinajstić information content (AvgIpc) is 3.00. The van der Waals surface area contributed by atoms with Crippen molar-refractivity contribution in [1.29, 1.82) is 0 Å². The zero-order chi connectivity index (χ0) is 18.8. The first-order valence-corrected chi connectivity index (χ1v) is 8.28. The molecule has 0 spiro atoms. The predicted octanol–water partition coefficient (Wildman–Crippen LogP) is 3.90. The summed E-state index contributed by atoms with van der Waals surface area (Å²) in [4.78, 5) is 28.7. The van der Waals surface area contributed by atoms with Crippen LogP contribution in [0.25, 0.3) is 11.3 Å². The minimum absolute atomic E-state index is 0.0848. The second-order valence-corrected chi connectivity index (χ2v) is 6.90. The highest BCUT2D eigenvalue weighted by Crippen LogP contribution is 2.30. The lowest BCUT2D eigenvalue weighted by Gasteiger charge is -2.31. The number of carbonyl (C=O) groups is 2. The van der Waals surface area contributed by atoms with Crippen LogP contribution in [-0.4, -0.2) is 39.5 Å². The van der Waals surface area contributed by atoms with E-state index in [1.54, 1.807) is 18.2 Å². The van der Waals surface area contributed by atoms with Crippen LogP contribution >= 0.6 is 23.2 Å². The van der Waals surface area contributed by atoms with Gasteiger partial charge in [-0.05, 0) is 32.0 Å². The fraction of sp³-hybridized carbons (Fsp3) is 0.353. The van der Waals surface area contributed by atoms with Gasteiger partial charge in [0.05, 0.1) is 11.2 Å². The maximum atomic E-state index is 12.2. The van der Waals surface area contributed by atoms with Crippen molar-refractivity contribution in [3.63, 3.8) is 0 Å². The molecule has 1 amide bonds. The number of amides is 1. The van der Waals surface area contributed by atoms with Gasteiger partial charge in [-0.1, -0.05) is 23.2 Å². The van der Waals surface area contributed by atoms with E-state index >= 15 is 0 Å². The van der Waals surface area contributed by atoms with Crippen molar-refractivity contribution < 1.29 is 19.1 Å². The lowest BCUT2D eigenvalue weighted by molar-refractivity contribution is -0.155. The molecule has 0 fully saturated rings. The number of rotatable bonds is 6. The molecule has 0 atom stereocenters. The Labute approximate surface area is 155 Å². The average molecular weight is 385 g/mol. The Bertz CT molecular complexity index is 802. The summed E-state index contributed by atoms with van der Waals surface area (Å²) in [5.74, 6) is -0.532. The normalized spacial score (nSPS) is 11.4. The van der Waals surface area contributed by atoms with Gasteiger partial charge in [-0.3, -0.25) is 4.79 Å². The van der Waals surface area contributed by atoms with Gasteiger partial charge in [0.25, 0.3) is 0 Å². The van der Waals surface area contributed by atoms with Gasteiger partial charge in [0.15, 0.2) is 11.7 Å². The van der Waals surface area contributed by atoms with Gasteiger partial charge < -0.3 is 14.4 Å². The lowest BCUT2D eigenvalue weighted by Crippen LogP contribution is -2.50. The third kappa shape index (κ3) is 4.32. The van der Waals surface area contributed by atoms with Crippen molar-refractivity contribution in [3.05, 3.63) is 40.3 Å². The maximum Gasteiger partial charge on any atom is 0.329 e. The number of halogens is 2. The summed E-state index contributed by atoms with van der Waals surface area (Å²) in [5.41, 5.74) is -0.629. The highest BCUT2D eigenvalue weighted by atomic mass is 35.5. The van der Waals surface area contributed by atoms with E-state index in [2.05, 4.69) is 4.98 Å². The fourth-order valence-corrected chi connectivity index (χ4v) is 2.58. The van der Waals surface area contributed by atoms with Gasteiger partial charge in [0.2, 0.25) is 5.91 Å². The molecular weight excluding hydrogens is 367 g/mol. The van der Waals surface area contributed by atoms with Crippen LogP contribution in [0.2, 0.25) is 10.0 Å². The number of oxazole rings is 1. The Morgan fingerprint density at radius 1 is 1.32 bits per heavy atom. The number of nitrogens with zero attached hydrogens (tertiary/aromatic N) is 2. The predicted molar refractivity (Wildman–Crippen MR) is 94.8 cm³/mol. The molecule has 134 valence electrons. The molecule has 0 saturated carbocycles. The molecule has 0 radical (unpaired) electrons. The number of likely N-dealkylation sites (N-methyl/N-ethyl adjacent to an activating group) is 1. The monoisotopic (exact) mass is 384 g/mol. The maximum absolute atomic E-state index is 12.2. The van der Waals surface area contributed by atoms with E-state index in [0.717, 1.165) is 0 Å². The molecule has 0 aliphatic rings. The van der Waals surface area contributed by atoms with Crippen molar-refractivity contribution >= 4 is 35.1 Å². The van der Waals surface area contributed by atoms with Crippen molar-refractivity contribution in [2.75, 3.05) is 7.05 Å². The van der Waals surface area contributed by atoms with Gasteiger partial charge in [0.1, 0.15) is 5.54 Å². The Balaban J connectivity index is 2.04. The Morgan fingerprint density at radius 2 is 2.00 bits per heavy atom. The van der Waals surface area contributed by atoms with Gasteiger partial charge in [-0.15, -0.1) is 0 Å². The summed E-state index contributed by atoms with van der Waals surface area (Å²) in [5, 5.41) is 10.1. The first kappa shape index (κ1) is 19.3. The first-order valence-electron chi connectivity index (χ1n) is 7.53. The Kier molecular flexibility index (Phi) is 5.75. The smallest absolute Gasteiger partial charge is 0.329 e. The molecule has 1 heterocycles. The standard InChI is InChI=1S/C17H18Cl2N2O4/c1-17(2,16(23)24)21(3)15(22)7-6-14-20-9-13(25-14)11-5-4-10(18)8-12(11)19/h4-5,8-9H,6-7H2,1-3H3,(H,23,24). The fourth-order valence-electron chi connectivity index (χ4n) is 2.08. The van der Waals surface area contributed by atoms with Gasteiger partial charge in [-0.25, -0.2) is 9.78 Å². The number of aryl methyl sites for hydroxylation is 1. The van der Waals surface area contributed by atoms with Crippen molar-refractivity contribution in [2.24, 2.45) is 0 Å². The largest absolute Gasteiger partial charge is 0.480 e. The molecule has 0 aliphatic carbocycles. The summed E-state index contributed by atoms with van der Waals surface area (Å²) >= 11 is 12.0. The summed E-state index contributed by atoms with van der Waals surface area (Å²) in [7, 11) is 1.46. The molecule has 2 aromatic rings. The van der Waals surface area contributed by atoms with E-state index in [4.69, 9.17) is 27.6 Å². The summed E-state index contributed by atoms with van der Waals surface area (Å²) in [6.45, 7) is 2.94. The number of carboxylic acid groups (broad SMARTS) is 1.